The van der Waals surface area contributed by atoms with E-state index >= 15 is 0 Å². The molecule has 2 unspecified atom stereocenters. The van der Waals surface area contributed by atoms with Gasteiger partial charge in [0.1, 0.15) is 0 Å². The third-order valence-corrected chi connectivity index (χ3v) is 4.90. The summed E-state index contributed by atoms with van der Waals surface area (Å²) in [5.74, 6) is 0.604. The number of benzene rings is 2. The molecule has 1 aliphatic rings. The molecule has 5 heteroatoms. The molecule has 0 saturated carbocycles. The Kier molecular flexibility index (Phi) is 4.53. The molecular formula is C20H19ClN4. The number of hydrogen-bond donors (Lipinski definition) is 1. The molecule has 0 bridgehead atoms. The van der Waals surface area contributed by atoms with Crippen LogP contribution in [0.1, 0.15) is 28.5 Å². The second-order valence-electron chi connectivity index (χ2n) is 6.28. The van der Waals surface area contributed by atoms with E-state index in [0.717, 1.165) is 18.1 Å². The molecule has 1 aromatic heterocycles. The number of rotatable bonds is 5. The normalized spacial score (nSPS) is 17.4. The molecule has 2 aromatic carbocycles. The minimum Gasteiger partial charge on any atom is -0.337 e. The van der Waals surface area contributed by atoms with Crippen molar-refractivity contribution >= 4 is 17.8 Å². The molecule has 0 saturated heterocycles. The Morgan fingerprint density at radius 2 is 1.80 bits per heavy atom. The average Bonchev–Trinajstić information content (AvgIpc) is 3.35. The van der Waals surface area contributed by atoms with Gasteiger partial charge < -0.3 is 9.99 Å². The van der Waals surface area contributed by atoms with Gasteiger partial charge in [-0.25, -0.2) is 4.98 Å². The summed E-state index contributed by atoms with van der Waals surface area (Å²) < 4.78 is 2.11. The number of hydrazone groups is 1. The van der Waals surface area contributed by atoms with Crippen LogP contribution in [0.25, 0.3) is 0 Å². The molecule has 3 aromatic rings. The van der Waals surface area contributed by atoms with Crippen molar-refractivity contribution in [3.05, 3.63) is 89.0 Å². The van der Waals surface area contributed by atoms with Gasteiger partial charge in [-0.3, -0.25) is 0 Å². The minimum absolute atomic E-state index is 0.246. The zero-order valence-electron chi connectivity index (χ0n) is 13.7. The molecule has 0 spiro atoms. The van der Waals surface area contributed by atoms with Crippen LogP contribution in [0.15, 0.2) is 72.4 Å². The highest BCUT2D eigenvalue weighted by Gasteiger charge is 2.17. The first-order chi connectivity index (χ1) is 12.3. The predicted octanol–water partition coefficient (Wildman–Crippen LogP) is 4.04. The van der Waals surface area contributed by atoms with Gasteiger partial charge in [0.05, 0.1) is 6.33 Å². The summed E-state index contributed by atoms with van der Waals surface area (Å²) >= 11 is 6.07. The first kappa shape index (κ1) is 15.9. The van der Waals surface area contributed by atoms with Crippen LogP contribution >= 0.6 is 11.6 Å². The molecule has 0 amide bonds. The van der Waals surface area contributed by atoms with Crippen molar-refractivity contribution in [2.24, 2.45) is 5.10 Å². The lowest BCUT2D eigenvalue weighted by Gasteiger charge is -2.20. The lowest BCUT2D eigenvalue weighted by Crippen LogP contribution is -2.11. The van der Waals surface area contributed by atoms with Crippen molar-refractivity contribution in [1.29, 1.82) is 0 Å². The first-order valence-corrected chi connectivity index (χ1v) is 8.74. The van der Waals surface area contributed by atoms with Crippen molar-refractivity contribution in [1.82, 2.24) is 15.0 Å². The highest BCUT2D eigenvalue weighted by Crippen LogP contribution is 2.29. The summed E-state index contributed by atoms with van der Waals surface area (Å²) in [6.07, 6.45) is 7.64. The number of imidazole rings is 1. The standard InChI is InChI=1S/C20H19ClN4/c21-19-7-5-17(6-8-19)20(13-25-10-9-22-14-25)16-3-1-15(2-4-16)18-11-23-24-12-18/h1-11,14,18,20,24H,12-13H2. The summed E-state index contributed by atoms with van der Waals surface area (Å²) in [6.45, 7) is 1.71. The number of nitrogens with zero attached hydrogens (tertiary/aromatic N) is 3. The van der Waals surface area contributed by atoms with Crippen LogP contribution in [0.5, 0.6) is 0 Å². The zero-order chi connectivity index (χ0) is 17.1. The number of hydrogen-bond acceptors (Lipinski definition) is 3. The largest absolute Gasteiger partial charge is 0.337 e. The van der Waals surface area contributed by atoms with E-state index in [2.05, 4.69) is 56.5 Å². The highest BCUT2D eigenvalue weighted by molar-refractivity contribution is 6.30. The fraction of sp³-hybridized carbons (Fsp3) is 0.200. The third kappa shape index (κ3) is 3.59. The smallest absolute Gasteiger partial charge is 0.0946 e. The Balaban J connectivity index is 1.64. The van der Waals surface area contributed by atoms with Gasteiger partial charge in [0.2, 0.25) is 0 Å². The molecule has 0 fully saturated rings. The van der Waals surface area contributed by atoms with Gasteiger partial charge in [-0.1, -0.05) is 48.0 Å². The molecule has 4 nitrogen and oxygen atoms in total. The van der Waals surface area contributed by atoms with Crippen LogP contribution in [-0.4, -0.2) is 22.3 Å². The van der Waals surface area contributed by atoms with Crippen molar-refractivity contribution in [2.45, 2.75) is 18.4 Å². The average molecular weight is 351 g/mol. The van der Waals surface area contributed by atoms with Gasteiger partial charge in [0, 0.05) is 48.6 Å². The highest BCUT2D eigenvalue weighted by atomic mass is 35.5. The van der Waals surface area contributed by atoms with Crippen molar-refractivity contribution in [2.75, 3.05) is 6.54 Å². The van der Waals surface area contributed by atoms with Crippen LogP contribution < -0.4 is 5.43 Å². The second kappa shape index (κ2) is 7.11. The van der Waals surface area contributed by atoms with Gasteiger partial charge in [0.25, 0.3) is 0 Å². The van der Waals surface area contributed by atoms with Crippen LogP contribution in [0.2, 0.25) is 5.02 Å². The van der Waals surface area contributed by atoms with Gasteiger partial charge in [-0.15, -0.1) is 0 Å². The summed E-state index contributed by atoms with van der Waals surface area (Å²) in [5, 5.41) is 4.86. The molecule has 0 radical (unpaired) electrons. The first-order valence-electron chi connectivity index (χ1n) is 8.37. The number of nitrogens with one attached hydrogen (secondary N) is 1. The summed E-state index contributed by atoms with van der Waals surface area (Å²) in [7, 11) is 0. The number of halogens is 1. The number of aromatic nitrogens is 2. The Morgan fingerprint density at radius 1 is 1.08 bits per heavy atom. The van der Waals surface area contributed by atoms with Crippen LogP contribution in [0, 0.1) is 0 Å². The molecule has 0 aliphatic carbocycles. The topological polar surface area (TPSA) is 42.2 Å². The molecule has 2 heterocycles. The van der Waals surface area contributed by atoms with E-state index in [1.165, 1.54) is 16.7 Å². The van der Waals surface area contributed by atoms with Crippen LogP contribution in [0.3, 0.4) is 0 Å². The summed E-state index contributed by atoms with van der Waals surface area (Å²) in [4.78, 5) is 4.16. The fourth-order valence-corrected chi connectivity index (χ4v) is 3.36. The lowest BCUT2D eigenvalue weighted by molar-refractivity contribution is 0.623. The van der Waals surface area contributed by atoms with E-state index in [-0.39, 0.29) is 5.92 Å². The SMILES string of the molecule is Clc1ccc(C(Cn2ccnc2)c2ccc(C3C=NNC3)cc2)cc1. The second-order valence-corrected chi connectivity index (χ2v) is 6.71. The molecular weight excluding hydrogens is 332 g/mol. The molecule has 1 N–H and O–H groups in total. The predicted molar refractivity (Wildman–Crippen MR) is 101 cm³/mol. The molecule has 2 atom stereocenters. The van der Waals surface area contributed by atoms with Crippen LogP contribution in [0.4, 0.5) is 0 Å². The fourth-order valence-electron chi connectivity index (χ4n) is 3.23. The van der Waals surface area contributed by atoms with E-state index in [0.29, 0.717) is 5.92 Å². The molecule has 4 rings (SSSR count). The van der Waals surface area contributed by atoms with Crippen LogP contribution in [-0.2, 0) is 6.54 Å². The Hall–Kier alpha value is -2.59. The molecule has 1 aliphatic heterocycles. The van der Waals surface area contributed by atoms with E-state index in [9.17, 15) is 0 Å². The summed E-state index contributed by atoms with van der Waals surface area (Å²) in [6, 6.07) is 17.0. The third-order valence-electron chi connectivity index (χ3n) is 4.65. The zero-order valence-corrected chi connectivity index (χ0v) is 14.5. The van der Waals surface area contributed by atoms with Gasteiger partial charge in [-0.05, 0) is 28.8 Å². The van der Waals surface area contributed by atoms with Crippen molar-refractivity contribution in [3.8, 4) is 0 Å². The van der Waals surface area contributed by atoms with Gasteiger partial charge in [0.15, 0.2) is 0 Å². The Labute approximate surface area is 152 Å². The van der Waals surface area contributed by atoms with E-state index < -0.39 is 0 Å². The van der Waals surface area contributed by atoms with Gasteiger partial charge in [-0.2, -0.15) is 5.10 Å². The molecule has 126 valence electrons. The van der Waals surface area contributed by atoms with E-state index in [4.69, 9.17) is 11.6 Å². The van der Waals surface area contributed by atoms with Crippen molar-refractivity contribution < 1.29 is 0 Å². The Morgan fingerprint density at radius 3 is 2.40 bits per heavy atom. The lowest BCUT2D eigenvalue weighted by atomic mass is 9.89. The summed E-state index contributed by atoms with van der Waals surface area (Å²) in [5.41, 5.74) is 6.83. The van der Waals surface area contributed by atoms with E-state index in [1.807, 2.05) is 37.1 Å². The van der Waals surface area contributed by atoms with E-state index in [1.54, 1.807) is 0 Å². The Bertz CT molecular complexity index is 838. The maximum Gasteiger partial charge on any atom is 0.0946 e. The quantitative estimate of drug-likeness (QED) is 0.754. The molecule has 25 heavy (non-hydrogen) atoms. The monoisotopic (exact) mass is 350 g/mol. The maximum absolute atomic E-state index is 6.07. The van der Waals surface area contributed by atoms with Gasteiger partial charge >= 0.3 is 0 Å². The minimum atomic E-state index is 0.246. The maximum atomic E-state index is 6.07. The van der Waals surface area contributed by atoms with Crippen molar-refractivity contribution in [3.63, 3.8) is 0 Å².